The molecule has 13 heteroatoms. The van der Waals surface area contributed by atoms with E-state index in [9.17, 15) is 32.7 Å². The van der Waals surface area contributed by atoms with Crippen LogP contribution in [0.3, 0.4) is 0 Å². The number of amides is 2. The Bertz CT molecular complexity index is 1190. The molecule has 3 heterocycles. The molecule has 0 bridgehead atoms. The molecule has 1 unspecified atom stereocenters. The van der Waals surface area contributed by atoms with Crippen molar-refractivity contribution in [3.05, 3.63) is 33.8 Å². The Labute approximate surface area is 191 Å². The molecule has 2 fully saturated rings. The van der Waals surface area contributed by atoms with E-state index in [1.54, 1.807) is 4.90 Å². The SMILES string of the molecule is CC(Cn1c(O)c(C(=O)NC2CC2)c(=O)n2ncc(/C=C/C(=O)N3CCOCC3)c12)C(F)(F)F. The zero-order valence-electron chi connectivity index (χ0n) is 18.3. The normalized spacial score (nSPS) is 17.9. The lowest BCUT2D eigenvalue weighted by atomic mass is 10.1. The topological polar surface area (TPSA) is 118 Å². The van der Waals surface area contributed by atoms with Crippen LogP contribution < -0.4 is 10.9 Å². The molecule has 1 saturated carbocycles. The maximum absolute atomic E-state index is 13.3. The predicted molar refractivity (Wildman–Crippen MR) is 113 cm³/mol. The molecule has 1 atom stereocenters. The fourth-order valence-corrected chi connectivity index (χ4v) is 3.61. The molecule has 1 aliphatic heterocycles. The van der Waals surface area contributed by atoms with Crippen molar-refractivity contribution in [2.24, 2.45) is 5.92 Å². The summed E-state index contributed by atoms with van der Waals surface area (Å²) in [6, 6.07) is -0.146. The van der Waals surface area contributed by atoms with Gasteiger partial charge in [-0.2, -0.15) is 22.8 Å². The van der Waals surface area contributed by atoms with Gasteiger partial charge in [0.1, 0.15) is 5.65 Å². The summed E-state index contributed by atoms with van der Waals surface area (Å²) in [6.45, 7) is 1.73. The van der Waals surface area contributed by atoms with E-state index in [0.717, 1.165) is 16.0 Å². The van der Waals surface area contributed by atoms with Gasteiger partial charge in [-0.15, -0.1) is 0 Å². The van der Waals surface area contributed by atoms with E-state index >= 15 is 0 Å². The summed E-state index contributed by atoms with van der Waals surface area (Å²) in [7, 11) is 0. The summed E-state index contributed by atoms with van der Waals surface area (Å²) in [5, 5.41) is 17.3. The van der Waals surface area contributed by atoms with Gasteiger partial charge in [-0.3, -0.25) is 19.0 Å². The number of alkyl halides is 3. The number of nitrogens with zero attached hydrogens (tertiary/aromatic N) is 4. The fourth-order valence-electron chi connectivity index (χ4n) is 3.61. The lowest BCUT2D eigenvalue weighted by Gasteiger charge is -2.25. The maximum atomic E-state index is 13.3. The highest BCUT2D eigenvalue weighted by Gasteiger charge is 2.38. The summed E-state index contributed by atoms with van der Waals surface area (Å²) < 4.78 is 46.8. The van der Waals surface area contributed by atoms with E-state index < -0.39 is 41.5 Å². The number of hydrogen-bond acceptors (Lipinski definition) is 6. The number of aromatic hydroxyl groups is 1. The van der Waals surface area contributed by atoms with E-state index in [0.29, 0.717) is 39.1 Å². The molecule has 4 rings (SSSR count). The number of carbonyl (C=O) groups excluding carboxylic acids is 2. The highest BCUT2D eigenvalue weighted by molar-refractivity contribution is 5.97. The maximum Gasteiger partial charge on any atom is 0.393 e. The van der Waals surface area contributed by atoms with Crippen LogP contribution in [0.4, 0.5) is 13.2 Å². The predicted octanol–water partition coefficient (Wildman–Crippen LogP) is 1.16. The second kappa shape index (κ2) is 9.12. The minimum absolute atomic E-state index is 0.137. The van der Waals surface area contributed by atoms with Gasteiger partial charge in [0.15, 0.2) is 5.56 Å². The summed E-state index contributed by atoms with van der Waals surface area (Å²) in [6.07, 6.45) is 0.554. The molecule has 0 spiro atoms. The summed E-state index contributed by atoms with van der Waals surface area (Å²) in [4.78, 5) is 39.5. The molecular formula is C21H24F3N5O5. The van der Waals surface area contributed by atoms with Crippen molar-refractivity contribution in [2.45, 2.75) is 38.5 Å². The molecule has 2 aliphatic rings. The van der Waals surface area contributed by atoms with Crippen molar-refractivity contribution in [1.29, 1.82) is 0 Å². The highest BCUT2D eigenvalue weighted by atomic mass is 19.4. The van der Waals surface area contributed by atoms with Crippen molar-refractivity contribution < 1.29 is 32.6 Å². The van der Waals surface area contributed by atoms with E-state index in [1.807, 2.05) is 0 Å². The van der Waals surface area contributed by atoms with Crippen molar-refractivity contribution >= 4 is 23.5 Å². The number of nitrogens with one attached hydrogen (secondary N) is 1. The first-order valence-electron chi connectivity index (χ1n) is 10.8. The van der Waals surface area contributed by atoms with Crippen molar-refractivity contribution in [3.63, 3.8) is 0 Å². The first-order chi connectivity index (χ1) is 16.1. The Balaban J connectivity index is 1.78. The van der Waals surface area contributed by atoms with E-state index in [4.69, 9.17) is 4.74 Å². The smallest absolute Gasteiger partial charge is 0.393 e. The quantitative estimate of drug-likeness (QED) is 0.596. The van der Waals surface area contributed by atoms with Crippen LogP contribution in [-0.4, -0.2) is 74.5 Å². The molecular weight excluding hydrogens is 459 g/mol. The van der Waals surface area contributed by atoms with Crippen LogP contribution >= 0.6 is 0 Å². The van der Waals surface area contributed by atoms with Crippen LogP contribution in [0.15, 0.2) is 17.1 Å². The van der Waals surface area contributed by atoms with Crippen LogP contribution in [-0.2, 0) is 16.1 Å². The van der Waals surface area contributed by atoms with Crippen LogP contribution in [0.25, 0.3) is 11.7 Å². The van der Waals surface area contributed by atoms with Crippen LogP contribution in [0, 0.1) is 5.92 Å². The molecule has 1 saturated heterocycles. The molecule has 2 N–H and O–H groups in total. The molecule has 2 aromatic rings. The van der Waals surface area contributed by atoms with Gasteiger partial charge in [0.25, 0.3) is 11.5 Å². The average molecular weight is 483 g/mol. The van der Waals surface area contributed by atoms with Crippen molar-refractivity contribution in [3.8, 4) is 5.88 Å². The fraction of sp³-hybridized carbons (Fsp3) is 0.524. The number of halogens is 3. The van der Waals surface area contributed by atoms with E-state index in [1.165, 1.54) is 18.3 Å². The van der Waals surface area contributed by atoms with Gasteiger partial charge in [-0.25, -0.2) is 0 Å². The third-order valence-electron chi connectivity index (χ3n) is 5.80. The zero-order valence-corrected chi connectivity index (χ0v) is 18.3. The third kappa shape index (κ3) is 4.79. The van der Waals surface area contributed by atoms with Crippen LogP contribution in [0.5, 0.6) is 5.88 Å². The minimum Gasteiger partial charge on any atom is -0.494 e. The number of ether oxygens (including phenoxy) is 1. The third-order valence-corrected chi connectivity index (χ3v) is 5.80. The molecule has 1 aliphatic carbocycles. The Morgan fingerprint density at radius 2 is 2.00 bits per heavy atom. The van der Waals surface area contributed by atoms with E-state index in [2.05, 4.69) is 10.4 Å². The number of rotatable bonds is 6. The second-order valence-corrected chi connectivity index (χ2v) is 8.41. The summed E-state index contributed by atoms with van der Waals surface area (Å²) in [5.41, 5.74) is -1.68. The Morgan fingerprint density at radius 3 is 2.62 bits per heavy atom. The Hall–Kier alpha value is -3.35. The first kappa shape index (κ1) is 23.8. The van der Waals surface area contributed by atoms with Gasteiger partial charge in [-0.05, 0) is 18.9 Å². The Morgan fingerprint density at radius 1 is 1.32 bits per heavy atom. The van der Waals surface area contributed by atoms with Gasteiger partial charge >= 0.3 is 6.18 Å². The number of fused-ring (bicyclic) bond motifs is 1. The lowest BCUT2D eigenvalue weighted by Crippen LogP contribution is -2.39. The Kier molecular flexibility index (Phi) is 6.39. The number of carbonyl (C=O) groups is 2. The van der Waals surface area contributed by atoms with Crippen LogP contribution in [0.1, 0.15) is 35.7 Å². The van der Waals surface area contributed by atoms with Crippen molar-refractivity contribution in [2.75, 3.05) is 26.3 Å². The lowest BCUT2D eigenvalue weighted by molar-refractivity contribution is -0.172. The van der Waals surface area contributed by atoms with Gasteiger partial charge in [-0.1, -0.05) is 6.92 Å². The summed E-state index contributed by atoms with van der Waals surface area (Å²) in [5.74, 6) is -4.02. The molecule has 10 nitrogen and oxygen atoms in total. The monoisotopic (exact) mass is 483 g/mol. The summed E-state index contributed by atoms with van der Waals surface area (Å²) >= 11 is 0. The molecule has 184 valence electrons. The largest absolute Gasteiger partial charge is 0.494 e. The van der Waals surface area contributed by atoms with Gasteiger partial charge in [0.2, 0.25) is 11.8 Å². The van der Waals surface area contributed by atoms with Crippen LogP contribution in [0.2, 0.25) is 0 Å². The number of morpholine rings is 1. The number of hydrogen-bond donors (Lipinski definition) is 2. The molecule has 0 aromatic carbocycles. The highest BCUT2D eigenvalue weighted by Crippen LogP contribution is 2.31. The standard InChI is InChI=1S/C21H24F3N5O5/c1-12(21(22,23)24)11-28-18-13(2-5-15(30)27-6-8-34-9-7-27)10-25-29(18)20(33)16(19(28)32)17(31)26-14-3-4-14/h2,5,10,12,14,32H,3-4,6-9,11H2,1H3,(H,26,31)/b5-2+. The van der Waals surface area contributed by atoms with Gasteiger partial charge in [0, 0.05) is 37.3 Å². The zero-order chi connectivity index (χ0) is 24.6. The minimum atomic E-state index is -4.59. The molecule has 2 amide bonds. The first-order valence-corrected chi connectivity index (χ1v) is 10.8. The van der Waals surface area contributed by atoms with E-state index in [-0.39, 0.29) is 23.2 Å². The second-order valence-electron chi connectivity index (χ2n) is 8.41. The van der Waals surface area contributed by atoms with Gasteiger partial charge in [0.05, 0.1) is 25.3 Å². The van der Waals surface area contributed by atoms with Crippen molar-refractivity contribution in [1.82, 2.24) is 24.4 Å². The molecule has 34 heavy (non-hydrogen) atoms. The molecule has 2 aromatic heterocycles. The van der Waals surface area contributed by atoms with Gasteiger partial charge < -0.3 is 20.1 Å². The molecule has 0 radical (unpaired) electrons. The number of aromatic nitrogens is 3. The average Bonchev–Trinajstić information content (AvgIpc) is 3.50.